The molecule has 3 heteroatoms. The lowest BCUT2D eigenvalue weighted by atomic mass is 10.1. The molecule has 2 aromatic carbocycles. The van der Waals surface area contributed by atoms with E-state index in [1.807, 2.05) is 12.1 Å². The third kappa shape index (κ3) is 3.97. The van der Waals surface area contributed by atoms with Crippen LogP contribution in [0.25, 0.3) is 10.9 Å². The highest BCUT2D eigenvalue weighted by atomic mass is 35.5. The summed E-state index contributed by atoms with van der Waals surface area (Å²) in [6.45, 7) is 1.75. The minimum Gasteiger partial charge on any atom is -0.343 e. The number of nitrogens with one attached hydrogen (secondary N) is 1. The van der Waals surface area contributed by atoms with Gasteiger partial charge in [-0.1, -0.05) is 73.7 Å². The summed E-state index contributed by atoms with van der Waals surface area (Å²) in [6, 6.07) is 17.5. The average Bonchev–Trinajstić information content (AvgIpc) is 2.83. The van der Waals surface area contributed by atoms with Crippen LogP contribution in [0.2, 0.25) is 5.02 Å². The normalized spacial score (nSPS) is 16.0. The Bertz CT molecular complexity index is 860. The van der Waals surface area contributed by atoms with E-state index in [4.69, 9.17) is 11.6 Å². The molecule has 1 fully saturated rings. The summed E-state index contributed by atoms with van der Waals surface area (Å²) in [5, 5.41) is 6.00. The number of aromatic nitrogens is 1. The molecule has 1 saturated carbocycles. The van der Waals surface area contributed by atoms with E-state index in [1.165, 1.54) is 55.0 Å². The van der Waals surface area contributed by atoms with E-state index in [0.29, 0.717) is 6.04 Å². The molecular weight excluding hydrogens is 340 g/mol. The van der Waals surface area contributed by atoms with E-state index in [1.54, 1.807) is 0 Å². The molecule has 0 bridgehead atoms. The van der Waals surface area contributed by atoms with Crippen molar-refractivity contribution in [3.8, 4) is 0 Å². The molecule has 3 aromatic rings. The molecule has 0 saturated heterocycles. The fraction of sp³-hybridized carbons (Fsp3) is 0.391. The van der Waals surface area contributed by atoms with Gasteiger partial charge in [-0.3, -0.25) is 0 Å². The Morgan fingerprint density at radius 3 is 2.42 bits per heavy atom. The molecule has 0 atom stereocenters. The molecule has 0 aliphatic heterocycles. The molecule has 26 heavy (non-hydrogen) atoms. The third-order valence-electron chi connectivity index (χ3n) is 5.61. The van der Waals surface area contributed by atoms with Crippen LogP contribution in [0.3, 0.4) is 0 Å². The molecule has 0 amide bonds. The van der Waals surface area contributed by atoms with E-state index >= 15 is 0 Å². The van der Waals surface area contributed by atoms with E-state index in [9.17, 15) is 0 Å². The number of nitrogens with zero attached hydrogens (tertiary/aromatic N) is 1. The first-order chi connectivity index (χ1) is 12.8. The highest BCUT2D eigenvalue weighted by Crippen LogP contribution is 2.25. The van der Waals surface area contributed by atoms with Crippen molar-refractivity contribution in [3.63, 3.8) is 0 Å². The maximum Gasteiger partial charge on any atom is 0.0491 e. The van der Waals surface area contributed by atoms with Crippen molar-refractivity contribution in [3.05, 3.63) is 70.9 Å². The monoisotopic (exact) mass is 366 g/mol. The second-order valence-electron chi connectivity index (χ2n) is 7.46. The van der Waals surface area contributed by atoms with Crippen molar-refractivity contribution in [1.82, 2.24) is 9.88 Å². The van der Waals surface area contributed by atoms with E-state index in [-0.39, 0.29) is 0 Å². The smallest absolute Gasteiger partial charge is 0.0491 e. The topological polar surface area (TPSA) is 17.0 Å². The molecule has 1 aromatic heterocycles. The first-order valence-corrected chi connectivity index (χ1v) is 10.2. The van der Waals surface area contributed by atoms with Gasteiger partial charge >= 0.3 is 0 Å². The SMILES string of the molecule is Clc1ccccc1Cn1cc(CNC2CCCCCC2)c2ccccc21. The van der Waals surface area contributed by atoms with Crippen LogP contribution in [0.1, 0.15) is 49.7 Å². The van der Waals surface area contributed by atoms with Crippen molar-refractivity contribution in [2.75, 3.05) is 0 Å². The van der Waals surface area contributed by atoms with Gasteiger partial charge in [0.2, 0.25) is 0 Å². The van der Waals surface area contributed by atoms with Crippen LogP contribution in [-0.4, -0.2) is 10.6 Å². The summed E-state index contributed by atoms with van der Waals surface area (Å²) in [6.07, 6.45) is 10.5. The summed E-state index contributed by atoms with van der Waals surface area (Å²) in [4.78, 5) is 0. The first-order valence-electron chi connectivity index (χ1n) is 9.85. The van der Waals surface area contributed by atoms with E-state index in [2.05, 4.69) is 52.5 Å². The van der Waals surface area contributed by atoms with Crippen molar-refractivity contribution in [2.45, 2.75) is 57.7 Å². The summed E-state index contributed by atoms with van der Waals surface area (Å²) >= 11 is 6.38. The second-order valence-corrected chi connectivity index (χ2v) is 7.87. The first kappa shape index (κ1) is 17.6. The van der Waals surface area contributed by atoms with Gasteiger partial charge in [0.1, 0.15) is 0 Å². The van der Waals surface area contributed by atoms with Crippen LogP contribution in [0.4, 0.5) is 0 Å². The number of para-hydroxylation sites is 1. The maximum absolute atomic E-state index is 6.38. The Labute approximate surface area is 161 Å². The number of hydrogen-bond donors (Lipinski definition) is 1. The van der Waals surface area contributed by atoms with Crippen LogP contribution in [0.15, 0.2) is 54.7 Å². The zero-order chi connectivity index (χ0) is 17.8. The quantitative estimate of drug-likeness (QED) is 0.535. The fourth-order valence-corrected chi connectivity index (χ4v) is 4.34. The second kappa shape index (κ2) is 8.28. The van der Waals surface area contributed by atoms with Crippen molar-refractivity contribution >= 4 is 22.5 Å². The van der Waals surface area contributed by atoms with Gasteiger partial charge in [0, 0.05) is 41.3 Å². The number of benzene rings is 2. The number of halogens is 1. The lowest BCUT2D eigenvalue weighted by Crippen LogP contribution is -2.27. The molecule has 0 unspecified atom stereocenters. The average molecular weight is 367 g/mol. The van der Waals surface area contributed by atoms with Crippen molar-refractivity contribution in [2.24, 2.45) is 0 Å². The lowest BCUT2D eigenvalue weighted by Gasteiger charge is -2.15. The lowest BCUT2D eigenvalue weighted by molar-refractivity contribution is 0.459. The van der Waals surface area contributed by atoms with Crippen LogP contribution in [-0.2, 0) is 13.1 Å². The summed E-state index contributed by atoms with van der Waals surface area (Å²) < 4.78 is 2.33. The Kier molecular flexibility index (Phi) is 5.62. The minimum absolute atomic E-state index is 0.670. The van der Waals surface area contributed by atoms with Crippen molar-refractivity contribution in [1.29, 1.82) is 0 Å². The molecule has 0 spiro atoms. The zero-order valence-electron chi connectivity index (χ0n) is 15.3. The number of fused-ring (bicyclic) bond motifs is 1. The third-order valence-corrected chi connectivity index (χ3v) is 5.97. The van der Waals surface area contributed by atoms with E-state index < -0.39 is 0 Å². The highest BCUT2D eigenvalue weighted by Gasteiger charge is 2.14. The molecule has 1 aliphatic rings. The van der Waals surface area contributed by atoms with Gasteiger partial charge in [0.05, 0.1) is 0 Å². The van der Waals surface area contributed by atoms with Gasteiger partial charge in [-0.25, -0.2) is 0 Å². The zero-order valence-corrected chi connectivity index (χ0v) is 16.0. The standard InChI is InChI=1S/C23H27ClN2/c24-22-13-7-5-9-18(22)16-26-17-19(21-12-6-8-14-23(21)26)15-25-20-10-3-1-2-4-11-20/h5-9,12-14,17,20,25H,1-4,10-11,15-16H2. The van der Waals surface area contributed by atoms with Crippen LogP contribution in [0.5, 0.6) is 0 Å². The van der Waals surface area contributed by atoms with Gasteiger partial charge in [-0.05, 0) is 36.1 Å². The van der Waals surface area contributed by atoms with Crippen LogP contribution < -0.4 is 5.32 Å². The highest BCUT2D eigenvalue weighted by molar-refractivity contribution is 6.31. The molecule has 2 nitrogen and oxygen atoms in total. The van der Waals surface area contributed by atoms with Crippen LogP contribution >= 0.6 is 11.6 Å². The van der Waals surface area contributed by atoms with Crippen LogP contribution in [0, 0.1) is 0 Å². The Morgan fingerprint density at radius 1 is 0.885 bits per heavy atom. The molecule has 1 aliphatic carbocycles. The van der Waals surface area contributed by atoms with E-state index in [0.717, 1.165) is 23.7 Å². The summed E-state index contributed by atoms with van der Waals surface area (Å²) in [5.41, 5.74) is 3.83. The summed E-state index contributed by atoms with van der Waals surface area (Å²) in [5.74, 6) is 0. The van der Waals surface area contributed by atoms with Gasteiger partial charge in [0.15, 0.2) is 0 Å². The fourth-order valence-electron chi connectivity index (χ4n) is 4.14. The van der Waals surface area contributed by atoms with Gasteiger partial charge in [-0.15, -0.1) is 0 Å². The largest absolute Gasteiger partial charge is 0.343 e. The van der Waals surface area contributed by atoms with Crippen molar-refractivity contribution < 1.29 is 0 Å². The molecule has 1 N–H and O–H groups in total. The van der Waals surface area contributed by atoms with Gasteiger partial charge < -0.3 is 9.88 Å². The summed E-state index contributed by atoms with van der Waals surface area (Å²) in [7, 11) is 0. The number of hydrogen-bond acceptors (Lipinski definition) is 1. The Morgan fingerprint density at radius 2 is 1.62 bits per heavy atom. The molecule has 136 valence electrons. The predicted molar refractivity (Wildman–Crippen MR) is 111 cm³/mol. The molecular formula is C23H27ClN2. The molecule has 0 radical (unpaired) electrons. The predicted octanol–water partition coefficient (Wildman–Crippen LogP) is 6.16. The molecule has 1 heterocycles. The number of rotatable bonds is 5. The Balaban J connectivity index is 1.56. The minimum atomic E-state index is 0.670. The van der Waals surface area contributed by atoms with Gasteiger partial charge in [-0.2, -0.15) is 0 Å². The maximum atomic E-state index is 6.38. The molecule has 4 rings (SSSR count). The van der Waals surface area contributed by atoms with Gasteiger partial charge in [0.25, 0.3) is 0 Å². The Hall–Kier alpha value is -1.77.